The lowest BCUT2D eigenvalue weighted by Crippen LogP contribution is -2.40. The van der Waals surface area contributed by atoms with Crippen molar-refractivity contribution in [1.29, 1.82) is 0 Å². The molecular weight excluding hydrogens is 400 g/mol. The quantitative estimate of drug-likeness (QED) is 0.673. The minimum Gasteiger partial charge on any atom is -0.484 e. The maximum absolute atomic E-state index is 12.3. The van der Waals surface area contributed by atoms with Crippen LogP contribution in [-0.4, -0.2) is 45.2 Å². The van der Waals surface area contributed by atoms with Crippen LogP contribution in [0.5, 0.6) is 5.75 Å². The van der Waals surface area contributed by atoms with E-state index >= 15 is 0 Å². The Morgan fingerprint density at radius 1 is 1.07 bits per heavy atom. The summed E-state index contributed by atoms with van der Waals surface area (Å²) < 4.78 is 31.7. The number of piperidine rings is 1. The molecule has 1 aliphatic heterocycles. The Balaban J connectivity index is 1.63. The fourth-order valence-corrected chi connectivity index (χ4v) is 4.35. The Hall–Kier alpha value is -2.54. The maximum atomic E-state index is 12.3. The molecule has 162 valence electrons. The highest BCUT2D eigenvalue weighted by Crippen LogP contribution is 2.24. The zero-order valence-corrected chi connectivity index (χ0v) is 18.7. The number of hydrogen-bond acceptors (Lipinski definition) is 4. The fraction of sp³-hybridized carbons (Fsp3) is 0.435. The zero-order valence-electron chi connectivity index (χ0n) is 17.9. The Kier molecular flexibility index (Phi) is 7.02. The molecule has 0 radical (unpaired) electrons. The Morgan fingerprint density at radius 2 is 1.67 bits per heavy atom. The topological polar surface area (TPSA) is 66.9 Å². The minimum atomic E-state index is -3.45. The van der Waals surface area contributed by atoms with Gasteiger partial charge in [0.25, 0.3) is 5.91 Å². The van der Waals surface area contributed by atoms with Crippen molar-refractivity contribution in [3.8, 4) is 5.75 Å². The van der Waals surface area contributed by atoms with E-state index in [0.717, 1.165) is 37.1 Å². The molecule has 0 unspecified atom stereocenters. The van der Waals surface area contributed by atoms with Crippen molar-refractivity contribution in [3.63, 3.8) is 0 Å². The smallest absolute Gasteiger partial charge is 0.260 e. The molecule has 0 atom stereocenters. The highest BCUT2D eigenvalue weighted by atomic mass is 32.2. The number of amides is 1. The van der Waals surface area contributed by atoms with Gasteiger partial charge in [0, 0.05) is 13.1 Å². The number of anilines is 1. The number of likely N-dealkylation sites (tertiary alicyclic amines) is 1. The summed E-state index contributed by atoms with van der Waals surface area (Å²) in [6, 6.07) is 14.6. The van der Waals surface area contributed by atoms with E-state index in [0.29, 0.717) is 17.4 Å². The highest BCUT2D eigenvalue weighted by molar-refractivity contribution is 7.92. The van der Waals surface area contributed by atoms with E-state index < -0.39 is 10.0 Å². The van der Waals surface area contributed by atoms with Gasteiger partial charge in [-0.25, -0.2) is 8.42 Å². The van der Waals surface area contributed by atoms with E-state index in [-0.39, 0.29) is 19.1 Å². The first-order valence-electron chi connectivity index (χ1n) is 10.3. The summed E-state index contributed by atoms with van der Waals surface area (Å²) in [6.07, 6.45) is 3.26. The van der Waals surface area contributed by atoms with Crippen LogP contribution >= 0.6 is 0 Å². The van der Waals surface area contributed by atoms with Gasteiger partial charge >= 0.3 is 0 Å². The van der Waals surface area contributed by atoms with Crippen LogP contribution in [0.25, 0.3) is 0 Å². The molecule has 0 spiro atoms. The lowest BCUT2D eigenvalue weighted by molar-refractivity contribution is -0.134. The van der Waals surface area contributed by atoms with Gasteiger partial charge in [-0.2, -0.15) is 0 Å². The van der Waals surface area contributed by atoms with E-state index in [2.05, 4.69) is 6.92 Å². The van der Waals surface area contributed by atoms with E-state index in [9.17, 15) is 13.2 Å². The fourth-order valence-electron chi connectivity index (χ4n) is 3.46. The summed E-state index contributed by atoms with van der Waals surface area (Å²) in [7, 11) is -3.45. The van der Waals surface area contributed by atoms with Crippen molar-refractivity contribution in [2.24, 2.45) is 5.92 Å². The average molecular weight is 431 g/mol. The van der Waals surface area contributed by atoms with Crippen molar-refractivity contribution in [2.45, 2.75) is 33.2 Å². The summed E-state index contributed by atoms with van der Waals surface area (Å²) in [5.41, 5.74) is 2.59. The van der Waals surface area contributed by atoms with Gasteiger partial charge in [-0.05, 0) is 55.5 Å². The second-order valence-electron chi connectivity index (χ2n) is 8.10. The molecule has 0 bridgehead atoms. The van der Waals surface area contributed by atoms with E-state index in [4.69, 9.17) is 4.74 Å². The molecule has 2 aromatic carbocycles. The maximum Gasteiger partial charge on any atom is 0.260 e. The standard InChI is InChI=1S/C23H30N2O4S/c1-18-4-6-20(7-5-18)16-25(30(3,27)28)21-8-10-22(11-9-21)29-17-23(26)24-14-12-19(2)13-15-24/h4-11,19H,12-17H2,1-3H3. The number of hydrogen-bond donors (Lipinski definition) is 0. The monoisotopic (exact) mass is 430 g/mol. The molecule has 7 heteroatoms. The second kappa shape index (κ2) is 9.51. The van der Waals surface area contributed by atoms with Crippen LogP contribution in [0, 0.1) is 12.8 Å². The number of carbonyl (C=O) groups is 1. The van der Waals surface area contributed by atoms with Gasteiger partial charge in [0.1, 0.15) is 5.75 Å². The zero-order chi connectivity index (χ0) is 21.7. The van der Waals surface area contributed by atoms with Crippen molar-refractivity contribution in [3.05, 3.63) is 59.7 Å². The van der Waals surface area contributed by atoms with Gasteiger partial charge in [-0.3, -0.25) is 9.10 Å². The number of ether oxygens (including phenoxy) is 1. The van der Waals surface area contributed by atoms with Gasteiger partial charge < -0.3 is 9.64 Å². The van der Waals surface area contributed by atoms with Crippen LogP contribution in [0.4, 0.5) is 5.69 Å². The molecule has 1 amide bonds. The molecular formula is C23H30N2O4S. The first-order chi connectivity index (χ1) is 14.2. The molecule has 1 saturated heterocycles. The van der Waals surface area contributed by atoms with E-state index in [1.54, 1.807) is 24.3 Å². The van der Waals surface area contributed by atoms with Crippen LogP contribution < -0.4 is 9.04 Å². The summed E-state index contributed by atoms with van der Waals surface area (Å²) in [4.78, 5) is 14.2. The molecule has 2 aromatic rings. The Morgan fingerprint density at radius 3 is 2.23 bits per heavy atom. The normalized spacial score (nSPS) is 15.1. The molecule has 3 rings (SSSR count). The lowest BCUT2D eigenvalue weighted by Gasteiger charge is -2.30. The van der Waals surface area contributed by atoms with Gasteiger partial charge in [0.05, 0.1) is 18.5 Å². The molecule has 6 nitrogen and oxygen atoms in total. The molecule has 0 saturated carbocycles. The molecule has 30 heavy (non-hydrogen) atoms. The van der Waals surface area contributed by atoms with E-state index in [1.807, 2.05) is 36.1 Å². The first kappa shape index (κ1) is 22.2. The number of rotatable bonds is 7. The molecule has 0 N–H and O–H groups in total. The van der Waals surface area contributed by atoms with Crippen molar-refractivity contribution in [2.75, 3.05) is 30.3 Å². The van der Waals surface area contributed by atoms with Crippen molar-refractivity contribution >= 4 is 21.6 Å². The number of carbonyl (C=O) groups excluding carboxylic acids is 1. The molecule has 1 aliphatic rings. The van der Waals surface area contributed by atoms with Crippen LogP contribution in [-0.2, 0) is 21.4 Å². The Bertz CT molecular complexity index is 948. The van der Waals surface area contributed by atoms with Gasteiger partial charge in [0.2, 0.25) is 10.0 Å². The Labute approximate surface area is 179 Å². The molecule has 0 aliphatic carbocycles. The number of sulfonamides is 1. The summed E-state index contributed by atoms with van der Waals surface area (Å²) >= 11 is 0. The van der Waals surface area contributed by atoms with Crippen molar-refractivity contribution in [1.82, 2.24) is 4.90 Å². The predicted molar refractivity (Wildman–Crippen MR) is 119 cm³/mol. The number of nitrogens with zero attached hydrogens (tertiary/aromatic N) is 2. The second-order valence-corrected chi connectivity index (χ2v) is 10.0. The van der Waals surface area contributed by atoms with Gasteiger partial charge in [-0.15, -0.1) is 0 Å². The summed E-state index contributed by atoms with van der Waals surface area (Å²) in [6.45, 7) is 6.01. The molecule has 1 heterocycles. The number of benzene rings is 2. The van der Waals surface area contributed by atoms with Crippen LogP contribution in [0.3, 0.4) is 0 Å². The minimum absolute atomic E-state index is 0.00706. The van der Waals surface area contributed by atoms with Crippen LogP contribution in [0.1, 0.15) is 30.9 Å². The lowest BCUT2D eigenvalue weighted by atomic mass is 9.99. The van der Waals surface area contributed by atoms with Crippen molar-refractivity contribution < 1.29 is 17.9 Å². The highest BCUT2D eigenvalue weighted by Gasteiger charge is 2.21. The summed E-state index contributed by atoms with van der Waals surface area (Å²) in [5.74, 6) is 1.20. The predicted octanol–water partition coefficient (Wildman–Crippen LogP) is 3.60. The summed E-state index contributed by atoms with van der Waals surface area (Å²) in [5, 5.41) is 0. The average Bonchev–Trinajstić information content (AvgIpc) is 2.72. The third-order valence-electron chi connectivity index (χ3n) is 5.47. The van der Waals surface area contributed by atoms with E-state index in [1.165, 1.54) is 10.6 Å². The third-order valence-corrected chi connectivity index (χ3v) is 6.61. The third kappa shape index (κ3) is 5.98. The van der Waals surface area contributed by atoms with Crippen LogP contribution in [0.15, 0.2) is 48.5 Å². The largest absolute Gasteiger partial charge is 0.484 e. The first-order valence-corrected chi connectivity index (χ1v) is 12.1. The van der Waals surface area contributed by atoms with Gasteiger partial charge in [0.15, 0.2) is 6.61 Å². The SMILES string of the molecule is Cc1ccc(CN(c2ccc(OCC(=O)N3CCC(C)CC3)cc2)S(C)(=O)=O)cc1. The number of aryl methyl sites for hydroxylation is 1. The molecule has 1 fully saturated rings. The van der Waals surface area contributed by atoms with Crippen LogP contribution in [0.2, 0.25) is 0 Å². The molecule has 0 aromatic heterocycles. The van der Waals surface area contributed by atoms with Gasteiger partial charge in [-0.1, -0.05) is 36.8 Å².